The summed E-state index contributed by atoms with van der Waals surface area (Å²) >= 11 is 0. The van der Waals surface area contributed by atoms with Crippen molar-refractivity contribution in [1.82, 2.24) is 0 Å². The van der Waals surface area contributed by atoms with Gasteiger partial charge in [-0.3, -0.25) is 0 Å². The lowest BCUT2D eigenvalue weighted by Gasteiger charge is -2.34. The second-order valence-electron chi connectivity index (χ2n) is 9.71. The third-order valence-corrected chi connectivity index (χ3v) is 6.92. The molecule has 0 aliphatic heterocycles. The van der Waals surface area contributed by atoms with E-state index in [1.807, 2.05) is 0 Å². The SMILES string of the molecule is CCCCCCCCCCC(CC)(CCCCCCCCCC)Oc1cccc(O)c1O. The van der Waals surface area contributed by atoms with Crippen LogP contribution in [0.3, 0.4) is 0 Å². The monoisotopic (exact) mass is 448 g/mol. The summed E-state index contributed by atoms with van der Waals surface area (Å²) in [5.41, 5.74) is -0.254. The summed E-state index contributed by atoms with van der Waals surface area (Å²) in [7, 11) is 0. The van der Waals surface area contributed by atoms with Gasteiger partial charge in [-0.05, 0) is 44.2 Å². The van der Waals surface area contributed by atoms with Crippen molar-refractivity contribution < 1.29 is 14.9 Å². The summed E-state index contributed by atoms with van der Waals surface area (Å²) in [4.78, 5) is 0. The largest absolute Gasteiger partial charge is 0.504 e. The fraction of sp³-hybridized carbons (Fsp3) is 0.793. The smallest absolute Gasteiger partial charge is 0.200 e. The van der Waals surface area contributed by atoms with E-state index in [0.717, 1.165) is 32.1 Å². The average Bonchev–Trinajstić information content (AvgIpc) is 2.80. The molecule has 0 radical (unpaired) electrons. The van der Waals surface area contributed by atoms with Crippen LogP contribution in [0.4, 0.5) is 0 Å². The summed E-state index contributed by atoms with van der Waals surface area (Å²) in [6.45, 7) is 6.73. The van der Waals surface area contributed by atoms with Gasteiger partial charge in [-0.25, -0.2) is 0 Å². The lowest BCUT2D eigenvalue weighted by molar-refractivity contribution is 0.0377. The molecule has 0 heterocycles. The molecule has 1 rings (SSSR count). The first-order valence-electron chi connectivity index (χ1n) is 13.8. The van der Waals surface area contributed by atoms with Crippen molar-refractivity contribution in [3.8, 4) is 17.2 Å². The Kier molecular flexibility index (Phi) is 16.2. The van der Waals surface area contributed by atoms with E-state index < -0.39 is 0 Å². The van der Waals surface area contributed by atoms with Gasteiger partial charge in [0.15, 0.2) is 11.5 Å². The number of rotatable bonds is 21. The van der Waals surface area contributed by atoms with E-state index in [1.54, 1.807) is 12.1 Å². The van der Waals surface area contributed by atoms with Crippen LogP contribution in [0.2, 0.25) is 0 Å². The Labute approximate surface area is 199 Å². The van der Waals surface area contributed by atoms with Gasteiger partial charge in [0.25, 0.3) is 0 Å². The van der Waals surface area contributed by atoms with Crippen LogP contribution in [0.5, 0.6) is 17.2 Å². The Morgan fingerprint density at radius 3 is 1.50 bits per heavy atom. The van der Waals surface area contributed by atoms with Crippen molar-refractivity contribution in [2.24, 2.45) is 0 Å². The predicted molar refractivity (Wildman–Crippen MR) is 138 cm³/mol. The molecule has 0 aliphatic rings. The van der Waals surface area contributed by atoms with Crippen molar-refractivity contribution in [3.63, 3.8) is 0 Å². The van der Waals surface area contributed by atoms with E-state index >= 15 is 0 Å². The number of unbranched alkanes of at least 4 members (excludes halogenated alkanes) is 14. The van der Waals surface area contributed by atoms with Gasteiger partial charge in [0, 0.05) is 0 Å². The lowest BCUT2D eigenvalue weighted by Crippen LogP contribution is -2.35. The van der Waals surface area contributed by atoms with Crippen LogP contribution in [0.1, 0.15) is 143 Å². The summed E-state index contributed by atoms with van der Waals surface area (Å²) in [5.74, 6) is 0.190. The van der Waals surface area contributed by atoms with Crippen molar-refractivity contribution >= 4 is 0 Å². The molecule has 0 saturated heterocycles. The molecular formula is C29H52O3. The quantitative estimate of drug-likeness (QED) is 0.145. The molecule has 0 fully saturated rings. The second kappa shape index (κ2) is 18.1. The zero-order valence-electron chi connectivity index (χ0n) is 21.5. The third-order valence-electron chi connectivity index (χ3n) is 6.92. The highest BCUT2D eigenvalue weighted by Gasteiger charge is 2.30. The Hall–Kier alpha value is -1.38. The molecule has 186 valence electrons. The maximum absolute atomic E-state index is 10.3. The molecule has 2 N–H and O–H groups in total. The van der Waals surface area contributed by atoms with E-state index in [0.29, 0.717) is 5.75 Å². The summed E-state index contributed by atoms with van der Waals surface area (Å²) < 4.78 is 6.47. The van der Waals surface area contributed by atoms with Crippen LogP contribution in [0, 0.1) is 0 Å². The molecule has 3 heteroatoms. The molecule has 0 aliphatic carbocycles. The number of phenolic OH excluding ortho intramolecular Hbond substituents is 2. The van der Waals surface area contributed by atoms with Gasteiger partial charge in [-0.1, -0.05) is 117 Å². The molecule has 0 unspecified atom stereocenters. The molecule has 0 spiro atoms. The van der Waals surface area contributed by atoms with E-state index in [9.17, 15) is 10.2 Å². The number of aromatic hydroxyl groups is 2. The molecule has 0 saturated carbocycles. The van der Waals surface area contributed by atoms with E-state index in [4.69, 9.17) is 4.74 Å². The highest BCUT2D eigenvalue weighted by atomic mass is 16.5. The molecular weight excluding hydrogens is 396 g/mol. The number of para-hydroxylation sites is 1. The van der Waals surface area contributed by atoms with Crippen LogP contribution < -0.4 is 4.74 Å². The Morgan fingerprint density at radius 1 is 0.625 bits per heavy atom. The number of benzene rings is 1. The highest BCUT2D eigenvalue weighted by molar-refractivity contribution is 5.49. The zero-order valence-corrected chi connectivity index (χ0v) is 21.5. The van der Waals surface area contributed by atoms with Gasteiger partial charge in [-0.15, -0.1) is 0 Å². The van der Waals surface area contributed by atoms with Gasteiger partial charge in [0.2, 0.25) is 5.75 Å². The molecule has 32 heavy (non-hydrogen) atoms. The van der Waals surface area contributed by atoms with E-state index in [1.165, 1.54) is 96.0 Å². The first-order chi connectivity index (χ1) is 15.6. The van der Waals surface area contributed by atoms with Crippen LogP contribution in [0.25, 0.3) is 0 Å². The van der Waals surface area contributed by atoms with Gasteiger partial charge < -0.3 is 14.9 Å². The Balaban J connectivity index is 2.56. The van der Waals surface area contributed by atoms with Gasteiger partial charge >= 0.3 is 0 Å². The minimum atomic E-state index is -0.254. The fourth-order valence-electron chi connectivity index (χ4n) is 4.64. The third kappa shape index (κ3) is 12.0. The highest BCUT2D eigenvalue weighted by Crippen LogP contribution is 2.40. The second-order valence-corrected chi connectivity index (χ2v) is 9.71. The molecule has 3 nitrogen and oxygen atoms in total. The van der Waals surface area contributed by atoms with Crippen LogP contribution in [-0.2, 0) is 0 Å². The first kappa shape index (κ1) is 28.7. The fourth-order valence-corrected chi connectivity index (χ4v) is 4.64. The normalized spacial score (nSPS) is 11.7. The minimum absolute atomic E-state index is 0.105. The Morgan fingerprint density at radius 2 is 1.06 bits per heavy atom. The van der Waals surface area contributed by atoms with E-state index in [2.05, 4.69) is 20.8 Å². The van der Waals surface area contributed by atoms with Crippen LogP contribution in [0.15, 0.2) is 18.2 Å². The molecule has 0 amide bonds. The topological polar surface area (TPSA) is 49.7 Å². The number of hydrogen-bond acceptors (Lipinski definition) is 3. The summed E-state index contributed by atoms with van der Waals surface area (Å²) in [6, 6.07) is 5.03. The number of hydrogen-bond donors (Lipinski definition) is 2. The maximum Gasteiger partial charge on any atom is 0.200 e. The molecule has 1 aromatic carbocycles. The summed E-state index contributed by atoms with van der Waals surface area (Å²) in [6.07, 6.45) is 23.9. The van der Waals surface area contributed by atoms with Gasteiger partial charge in [0.1, 0.15) is 5.60 Å². The van der Waals surface area contributed by atoms with Crippen molar-refractivity contribution in [2.45, 2.75) is 148 Å². The van der Waals surface area contributed by atoms with E-state index in [-0.39, 0.29) is 17.1 Å². The van der Waals surface area contributed by atoms with Crippen molar-refractivity contribution in [2.75, 3.05) is 0 Å². The van der Waals surface area contributed by atoms with Gasteiger partial charge in [0.05, 0.1) is 0 Å². The van der Waals surface area contributed by atoms with Crippen LogP contribution >= 0.6 is 0 Å². The number of ether oxygens (including phenoxy) is 1. The molecule has 0 atom stereocenters. The number of phenols is 2. The average molecular weight is 449 g/mol. The van der Waals surface area contributed by atoms with Crippen LogP contribution in [-0.4, -0.2) is 15.8 Å². The standard InChI is InChI=1S/C29H52O3/c1-4-7-9-11-13-15-17-19-24-29(6-3,25-20-18-16-14-12-10-8-5-2)32-27-23-21-22-26(30)28(27)31/h21-23,30-31H,4-20,24-25H2,1-3H3. The minimum Gasteiger partial charge on any atom is -0.504 e. The lowest BCUT2D eigenvalue weighted by atomic mass is 9.87. The molecule has 1 aromatic rings. The summed E-state index contributed by atoms with van der Waals surface area (Å²) in [5, 5.41) is 20.2. The molecule has 0 bridgehead atoms. The maximum atomic E-state index is 10.3. The first-order valence-corrected chi connectivity index (χ1v) is 13.8. The molecule has 0 aromatic heterocycles. The zero-order chi connectivity index (χ0) is 23.5. The van der Waals surface area contributed by atoms with Crippen molar-refractivity contribution in [3.05, 3.63) is 18.2 Å². The predicted octanol–water partition coefficient (Wildman–Crippen LogP) is 9.69. The van der Waals surface area contributed by atoms with Gasteiger partial charge in [-0.2, -0.15) is 0 Å². The van der Waals surface area contributed by atoms with Crippen molar-refractivity contribution in [1.29, 1.82) is 0 Å². The Bertz CT molecular complexity index is 550.